The molecular weight excluding hydrogens is 252 g/mol. The summed E-state index contributed by atoms with van der Waals surface area (Å²) in [6, 6.07) is 10.7. The lowest BCUT2D eigenvalue weighted by Gasteiger charge is -2.10. The first-order valence-electron chi connectivity index (χ1n) is 6.64. The van der Waals surface area contributed by atoms with Crippen LogP contribution >= 0.6 is 0 Å². The van der Waals surface area contributed by atoms with Crippen LogP contribution in [0.2, 0.25) is 0 Å². The summed E-state index contributed by atoms with van der Waals surface area (Å²) < 4.78 is 5.15. The van der Waals surface area contributed by atoms with Crippen LogP contribution in [0, 0.1) is 0 Å². The zero-order chi connectivity index (χ0) is 14.4. The predicted molar refractivity (Wildman–Crippen MR) is 79.4 cm³/mol. The number of aromatic nitrogens is 1. The minimum atomic E-state index is -0.0596. The van der Waals surface area contributed by atoms with Gasteiger partial charge in [0.25, 0.3) is 0 Å². The predicted octanol–water partition coefficient (Wildman–Crippen LogP) is 3.14. The summed E-state index contributed by atoms with van der Waals surface area (Å²) in [7, 11) is 1.59. The number of nitrogens with one attached hydrogen (secondary N) is 1. The van der Waals surface area contributed by atoms with Crippen LogP contribution in [-0.4, -0.2) is 24.4 Å². The van der Waals surface area contributed by atoms with Crippen LogP contribution in [0.15, 0.2) is 42.6 Å². The number of anilines is 1. The first-order chi connectivity index (χ1) is 9.76. The molecule has 104 valence electrons. The maximum absolute atomic E-state index is 12.6. The molecule has 4 nitrogen and oxygen atoms in total. The van der Waals surface area contributed by atoms with E-state index in [0.717, 1.165) is 13.0 Å². The third-order valence-electron chi connectivity index (χ3n) is 2.93. The molecule has 0 fully saturated rings. The normalized spacial score (nSPS) is 10.1. The molecular formula is C16H18N2O2. The fourth-order valence-electron chi connectivity index (χ4n) is 1.89. The average molecular weight is 270 g/mol. The number of carbonyl (C=O) groups excluding carboxylic acids is 1. The number of hydrogen-bond donors (Lipinski definition) is 1. The van der Waals surface area contributed by atoms with Gasteiger partial charge in [-0.1, -0.05) is 19.1 Å². The van der Waals surface area contributed by atoms with E-state index in [9.17, 15) is 4.79 Å². The molecule has 0 unspecified atom stereocenters. The van der Waals surface area contributed by atoms with E-state index >= 15 is 0 Å². The molecule has 0 radical (unpaired) electrons. The summed E-state index contributed by atoms with van der Waals surface area (Å²) >= 11 is 0. The molecule has 0 saturated carbocycles. The van der Waals surface area contributed by atoms with Crippen molar-refractivity contribution in [1.29, 1.82) is 0 Å². The van der Waals surface area contributed by atoms with Gasteiger partial charge in [0.2, 0.25) is 0 Å². The second-order valence-electron chi connectivity index (χ2n) is 4.39. The molecule has 1 N–H and O–H groups in total. The van der Waals surface area contributed by atoms with Gasteiger partial charge in [-0.15, -0.1) is 0 Å². The Kier molecular flexibility index (Phi) is 4.71. The van der Waals surface area contributed by atoms with Crippen LogP contribution < -0.4 is 10.1 Å². The lowest BCUT2D eigenvalue weighted by molar-refractivity contribution is 0.103. The largest absolute Gasteiger partial charge is 0.497 e. The minimum absolute atomic E-state index is 0.0596. The molecule has 0 aliphatic rings. The van der Waals surface area contributed by atoms with Crippen LogP contribution in [0.25, 0.3) is 0 Å². The Morgan fingerprint density at radius 3 is 2.90 bits per heavy atom. The Morgan fingerprint density at radius 2 is 2.15 bits per heavy atom. The molecule has 2 aromatic rings. The number of nitrogens with zero attached hydrogens (tertiary/aromatic N) is 1. The summed E-state index contributed by atoms with van der Waals surface area (Å²) in [5.41, 5.74) is 1.17. The highest BCUT2D eigenvalue weighted by molar-refractivity contribution is 6.12. The highest BCUT2D eigenvalue weighted by atomic mass is 16.5. The zero-order valence-electron chi connectivity index (χ0n) is 11.7. The molecule has 1 aromatic heterocycles. The van der Waals surface area contributed by atoms with E-state index < -0.39 is 0 Å². The number of ketones is 1. The SMILES string of the molecule is CCCNc1ncccc1C(=O)c1cccc(OC)c1. The van der Waals surface area contributed by atoms with Crippen LogP contribution in [0.1, 0.15) is 29.3 Å². The van der Waals surface area contributed by atoms with E-state index in [1.54, 1.807) is 37.6 Å². The molecule has 0 aliphatic carbocycles. The Bertz CT molecular complexity index is 597. The fourth-order valence-corrected chi connectivity index (χ4v) is 1.89. The van der Waals surface area contributed by atoms with Crippen molar-refractivity contribution in [3.63, 3.8) is 0 Å². The topological polar surface area (TPSA) is 51.2 Å². The minimum Gasteiger partial charge on any atom is -0.497 e. The summed E-state index contributed by atoms with van der Waals surface area (Å²) in [5, 5.41) is 3.18. The number of rotatable bonds is 6. The molecule has 0 saturated heterocycles. The van der Waals surface area contributed by atoms with Gasteiger partial charge in [0.05, 0.1) is 12.7 Å². The van der Waals surface area contributed by atoms with Gasteiger partial charge < -0.3 is 10.1 Å². The Balaban J connectivity index is 2.32. The van der Waals surface area contributed by atoms with E-state index in [-0.39, 0.29) is 5.78 Å². The van der Waals surface area contributed by atoms with Gasteiger partial charge in [-0.3, -0.25) is 4.79 Å². The van der Waals surface area contributed by atoms with Crippen LogP contribution in [0.5, 0.6) is 5.75 Å². The molecule has 0 atom stereocenters. The van der Waals surface area contributed by atoms with Crippen molar-refractivity contribution >= 4 is 11.6 Å². The van der Waals surface area contributed by atoms with E-state index in [4.69, 9.17) is 4.74 Å². The molecule has 0 bridgehead atoms. The van der Waals surface area contributed by atoms with Crippen molar-refractivity contribution in [2.75, 3.05) is 19.0 Å². The monoisotopic (exact) mass is 270 g/mol. The third-order valence-corrected chi connectivity index (χ3v) is 2.93. The van der Waals surface area contributed by atoms with Gasteiger partial charge in [-0.25, -0.2) is 4.98 Å². The third kappa shape index (κ3) is 3.15. The maximum Gasteiger partial charge on any atom is 0.196 e. The molecule has 2 rings (SSSR count). The quantitative estimate of drug-likeness (QED) is 0.819. The molecule has 1 heterocycles. The fraction of sp³-hybridized carbons (Fsp3) is 0.250. The van der Waals surface area contributed by atoms with Crippen LogP contribution in [0.4, 0.5) is 5.82 Å². The van der Waals surface area contributed by atoms with Crippen LogP contribution in [-0.2, 0) is 0 Å². The molecule has 1 aromatic carbocycles. The number of carbonyl (C=O) groups is 1. The Morgan fingerprint density at radius 1 is 1.30 bits per heavy atom. The molecule has 0 spiro atoms. The summed E-state index contributed by atoms with van der Waals surface area (Å²) in [6.07, 6.45) is 2.66. The van der Waals surface area contributed by atoms with Gasteiger partial charge in [-0.2, -0.15) is 0 Å². The van der Waals surface area contributed by atoms with Crippen molar-refractivity contribution in [2.24, 2.45) is 0 Å². The molecule has 20 heavy (non-hydrogen) atoms. The van der Waals surface area contributed by atoms with Gasteiger partial charge >= 0.3 is 0 Å². The highest BCUT2D eigenvalue weighted by Crippen LogP contribution is 2.20. The second kappa shape index (κ2) is 6.70. The highest BCUT2D eigenvalue weighted by Gasteiger charge is 2.14. The smallest absolute Gasteiger partial charge is 0.196 e. The average Bonchev–Trinajstić information content (AvgIpc) is 2.52. The first-order valence-corrected chi connectivity index (χ1v) is 6.64. The molecule has 0 aliphatic heterocycles. The van der Waals surface area contributed by atoms with Crippen molar-refractivity contribution < 1.29 is 9.53 Å². The lowest BCUT2D eigenvalue weighted by Crippen LogP contribution is -2.10. The van der Waals surface area contributed by atoms with Crippen molar-refractivity contribution in [2.45, 2.75) is 13.3 Å². The van der Waals surface area contributed by atoms with Gasteiger partial charge in [0.15, 0.2) is 5.78 Å². The summed E-state index contributed by atoms with van der Waals surface area (Å²) in [5.74, 6) is 1.24. The van der Waals surface area contributed by atoms with Gasteiger partial charge in [-0.05, 0) is 30.7 Å². The molecule has 4 heteroatoms. The maximum atomic E-state index is 12.6. The number of benzene rings is 1. The number of ether oxygens (including phenoxy) is 1. The second-order valence-corrected chi connectivity index (χ2v) is 4.39. The van der Waals surface area contributed by atoms with E-state index in [1.165, 1.54) is 0 Å². The lowest BCUT2D eigenvalue weighted by atomic mass is 10.0. The van der Waals surface area contributed by atoms with Crippen molar-refractivity contribution in [3.05, 3.63) is 53.7 Å². The van der Waals surface area contributed by atoms with E-state index in [0.29, 0.717) is 22.7 Å². The van der Waals surface area contributed by atoms with Crippen LogP contribution in [0.3, 0.4) is 0 Å². The summed E-state index contributed by atoms with van der Waals surface area (Å²) in [4.78, 5) is 16.8. The van der Waals surface area contributed by atoms with Crippen molar-refractivity contribution in [1.82, 2.24) is 4.98 Å². The molecule has 0 amide bonds. The van der Waals surface area contributed by atoms with Crippen molar-refractivity contribution in [3.8, 4) is 5.75 Å². The number of hydrogen-bond acceptors (Lipinski definition) is 4. The standard InChI is InChI=1S/C16H18N2O2/c1-3-9-17-16-14(8-5-10-18-16)15(19)12-6-4-7-13(11-12)20-2/h4-8,10-11H,3,9H2,1-2H3,(H,17,18). The zero-order valence-corrected chi connectivity index (χ0v) is 11.7. The Hall–Kier alpha value is -2.36. The first kappa shape index (κ1) is 14.1. The van der Waals surface area contributed by atoms with E-state index in [2.05, 4.69) is 17.2 Å². The van der Waals surface area contributed by atoms with Gasteiger partial charge in [0.1, 0.15) is 11.6 Å². The van der Waals surface area contributed by atoms with Gasteiger partial charge in [0, 0.05) is 18.3 Å². The Labute approximate surface area is 118 Å². The number of pyridine rings is 1. The number of methoxy groups -OCH3 is 1. The van der Waals surface area contributed by atoms with E-state index in [1.807, 2.05) is 12.1 Å². The summed E-state index contributed by atoms with van der Waals surface area (Å²) in [6.45, 7) is 2.86.